The van der Waals surface area contributed by atoms with Crippen LogP contribution in [-0.4, -0.2) is 21.0 Å². The highest BCUT2D eigenvalue weighted by atomic mass is 16.4. The van der Waals surface area contributed by atoms with Crippen LogP contribution < -0.4 is 0 Å². The highest BCUT2D eigenvalue weighted by Crippen LogP contribution is 2.35. The van der Waals surface area contributed by atoms with Crippen LogP contribution in [0.2, 0.25) is 0 Å². The zero-order valence-electron chi connectivity index (χ0n) is 12.3. The summed E-state index contributed by atoms with van der Waals surface area (Å²) in [4.78, 5) is 19.0. The molecule has 0 radical (unpaired) electrons. The lowest BCUT2D eigenvalue weighted by atomic mass is 9.91. The minimum absolute atomic E-state index is 0.841. The Morgan fingerprint density at radius 1 is 0.870 bits per heavy atom. The maximum atomic E-state index is 10.9. The largest absolute Gasteiger partial charge is 0.478 e. The van der Waals surface area contributed by atoms with Crippen LogP contribution in [0.4, 0.5) is 0 Å². The number of hydrogen-bond acceptors (Lipinski definition) is 3. The molecular formula is C19H14N2O2. The van der Waals surface area contributed by atoms with Crippen molar-refractivity contribution < 1.29 is 9.90 Å². The summed E-state index contributed by atoms with van der Waals surface area (Å²) in [7, 11) is 0. The molecule has 3 rings (SSSR count). The molecule has 0 atom stereocenters. The average molecular weight is 302 g/mol. The van der Waals surface area contributed by atoms with E-state index in [2.05, 4.69) is 9.97 Å². The van der Waals surface area contributed by atoms with Crippen molar-refractivity contribution in [3.8, 4) is 22.3 Å². The molecular weight excluding hydrogens is 288 g/mol. The first-order valence-corrected chi connectivity index (χ1v) is 7.10. The molecule has 2 aromatic heterocycles. The van der Waals surface area contributed by atoms with Crippen molar-refractivity contribution >= 4 is 12.0 Å². The van der Waals surface area contributed by atoms with Gasteiger partial charge in [-0.25, -0.2) is 4.79 Å². The Bertz CT molecular complexity index is 844. The number of nitrogens with zero attached hydrogens (tertiary/aromatic N) is 2. The van der Waals surface area contributed by atoms with Gasteiger partial charge < -0.3 is 5.11 Å². The number of carboxylic acid groups (broad SMARTS) is 1. The molecule has 0 spiro atoms. The minimum atomic E-state index is -0.972. The molecule has 0 aliphatic rings. The van der Waals surface area contributed by atoms with Gasteiger partial charge in [0.05, 0.1) is 0 Å². The monoisotopic (exact) mass is 302 g/mol. The molecule has 0 unspecified atom stereocenters. The number of pyridine rings is 2. The van der Waals surface area contributed by atoms with E-state index in [1.54, 1.807) is 30.9 Å². The van der Waals surface area contributed by atoms with Crippen LogP contribution in [0.3, 0.4) is 0 Å². The predicted molar refractivity (Wildman–Crippen MR) is 89.6 cm³/mol. The fourth-order valence-corrected chi connectivity index (χ4v) is 2.48. The Kier molecular flexibility index (Phi) is 4.25. The topological polar surface area (TPSA) is 63.1 Å². The Morgan fingerprint density at radius 3 is 2.09 bits per heavy atom. The molecule has 0 amide bonds. The van der Waals surface area contributed by atoms with E-state index in [0.29, 0.717) is 0 Å². The molecule has 2 heterocycles. The molecule has 0 aliphatic carbocycles. The molecule has 4 heteroatoms. The lowest BCUT2D eigenvalue weighted by Crippen LogP contribution is -1.91. The van der Waals surface area contributed by atoms with Crippen molar-refractivity contribution in [1.29, 1.82) is 0 Å². The van der Waals surface area contributed by atoms with Gasteiger partial charge >= 0.3 is 5.97 Å². The summed E-state index contributed by atoms with van der Waals surface area (Å²) < 4.78 is 0. The van der Waals surface area contributed by atoms with Gasteiger partial charge in [0, 0.05) is 30.9 Å². The summed E-state index contributed by atoms with van der Waals surface area (Å²) in [5, 5.41) is 8.92. The molecule has 23 heavy (non-hydrogen) atoms. The van der Waals surface area contributed by atoms with Crippen LogP contribution in [0.1, 0.15) is 5.56 Å². The van der Waals surface area contributed by atoms with Crippen LogP contribution in [-0.2, 0) is 4.79 Å². The smallest absolute Gasteiger partial charge is 0.328 e. The molecule has 112 valence electrons. The van der Waals surface area contributed by atoms with Crippen molar-refractivity contribution in [3.63, 3.8) is 0 Å². The van der Waals surface area contributed by atoms with Gasteiger partial charge in [0.1, 0.15) is 0 Å². The van der Waals surface area contributed by atoms with Gasteiger partial charge in [-0.15, -0.1) is 0 Å². The summed E-state index contributed by atoms with van der Waals surface area (Å²) in [6.07, 6.45) is 9.70. The van der Waals surface area contributed by atoms with Gasteiger partial charge in [0.2, 0.25) is 0 Å². The third kappa shape index (κ3) is 3.32. The summed E-state index contributed by atoms with van der Waals surface area (Å²) in [5.74, 6) is -0.972. The minimum Gasteiger partial charge on any atom is -0.478 e. The lowest BCUT2D eigenvalue weighted by Gasteiger charge is -2.13. The van der Waals surface area contributed by atoms with E-state index < -0.39 is 5.97 Å². The highest BCUT2D eigenvalue weighted by Gasteiger charge is 2.11. The van der Waals surface area contributed by atoms with Gasteiger partial charge in [-0.2, -0.15) is 0 Å². The number of hydrogen-bond donors (Lipinski definition) is 1. The van der Waals surface area contributed by atoms with Gasteiger partial charge in [0.25, 0.3) is 0 Å². The molecule has 3 aromatic rings. The first-order chi connectivity index (χ1) is 11.3. The summed E-state index contributed by atoms with van der Waals surface area (Å²) >= 11 is 0. The maximum Gasteiger partial charge on any atom is 0.328 e. The van der Waals surface area contributed by atoms with Gasteiger partial charge in [-0.1, -0.05) is 18.2 Å². The first-order valence-electron chi connectivity index (χ1n) is 7.10. The molecule has 1 N–H and O–H groups in total. The van der Waals surface area contributed by atoms with Crippen LogP contribution >= 0.6 is 0 Å². The van der Waals surface area contributed by atoms with E-state index in [-0.39, 0.29) is 0 Å². The van der Waals surface area contributed by atoms with E-state index in [1.165, 1.54) is 0 Å². The molecule has 0 aliphatic heterocycles. The van der Waals surface area contributed by atoms with Gasteiger partial charge in [0.15, 0.2) is 0 Å². The normalized spacial score (nSPS) is 10.8. The second kappa shape index (κ2) is 6.66. The fourth-order valence-electron chi connectivity index (χ4n) is 2.48. The average Bonchev–Trinajstić information content (AvgIpc) is 2.61. The Morgan fingerprint density at radius 2 is 1.48 bits per heavy atom. The van der Waals surface area contributed by atoms with Crippen molar-refractivity contribution in [3.05, 3.63) is 78.9 Å². The molecule has 0 fully saturated rings. The number of rotatable bonds is 4. The van der Waals surface area contributed by atoms with Crippen LogP contribution in [0.15, 0.2) is 73.3 Å². The van der Waals surface area contributed by atoms with Crippen molar-refractivity contribution in [2.75, 3.05) is 0 Å². The van der Waals surface area contributed by atoms with E-state index in [1.807, 2.05) is 42.5 Å². The second-order valence-corrected chi connectivity index (χ2v) is 4.91. The molecule has 0 saturated carbocycles. The van der Waals surface area contributed by atoms with E-state index in [0.717, 1.165) is 33.9 Å². The van der Waals surface area contributed by atoms with E-state index >= 15 is 0 Å². The first kappa shape index (κ1) is 14.7. The lowest BCUT2D eigenvalue weighted by molar-refractivity contribution is -0.131. The molecule has 4 nitrogen and oxygen atoms in total. The summed E-state index contributed by atoms with van der Waals surface area (Å²) in [5.41, 5.74) is 4.84. The Hall–Kier alpha value is -3.27. The number of carboxylic acids is 1. The molecule has 0 saturated heterocycles. The van der Waals surface area contributed by atoms with Crippen LogP contribution in [0, 0.1) is 0 Å². The number of aliphatic carboxylic acids is 1. The third-order valence-corrected chi connectivity index (χ3v) is 3.46. The van der Waals surface area contributed by atoms with Gasteiger partial charge in [-0.3, -0.25) is 9.97 Å². The standard InChI is InChI=1S/C19H14N2O2/c22-18(23)5-4-15-2-1-3-17(14-6-10-20-11-7-14)19(15)16-8-12-21-13-9-16/h1-13H,(H,22,23). The van der Waals surface area contributed by atoms with Crippen LogP contribution in [0.25, 0.3) is 28.3 Å². The fraction of sp³-hybridized carbons (Fsp3) is 0. The van der Waals surface area contributed by atoms with Crippen LogP contribution in [0.5, 0.6) is 0 Å². The highest BCUT2D eigenvalue weighted by molar-refractivity contribution is 5.92. The zero-order valence-corrected chi connectivity index (χ0v) is 12.3. The maximum absolute atomic E-state index is 10.9. The van der Waals surface area contributed by atoms with Crippen molar-refractivity contribution in [1.82, 2.24) is 9.97 Å². The summed E-state index contributed by atoms with van der Waals surface area (Å²) in [6, 6.07) is 13.5. The van der Waals surface area contributed by atoms with Crippen molar-refractivity contribution in [2.45, 2.75) is 0 Å². The molecule has 1 aromatic carbocycles. The van der Waals surface area contributed by atoms with E-state index in [4.69, 9.17) is 5.11 Å². The SMILES string of the molecule is O=C(O)C=Cc1cccc(-c2ccncc2)c1-c1ccncc1. The quantitative estimate of drug-likeness (QED) is 0.742. The zero-order chi connectivity index (χ0) is 16.1. The Labute approximate surface area is 133 Å². The van der Waals surface area contributed by atoms with Gasteiger partial charge in [-0.05, 0) is 58.2 Å². The number of aromatic nitrogens is 2. The van der Waals surface area contributed by atoms with Crippen molar-refractivity contribution in [2.24, 2.45) is 0 Å². The summed E-state index contributed by atoms with van der Waals surface area (Å²) in [6.45, 7) is 0. The number of carbonyl (C=O) groups is 1. The second-order valence-electron chi connectivity index (χ2n) is 4.91. The van der Waals surface area contributed by atoms with E-state index in [9.17, 15) is 4.79 Å². The third-order valence-electron chi connectivity index (χ3n) is 3.46. The Balaban J connectivity index is 2.24. The predicted octanol–water partition coefficient (Wildman–Crippen LogP) is 3.91. The molecule has 0 bridgehead atoms. The number of benzene rings is 1.